The van der Waals surface area contributed by atoms with Gasteiger partial charge in [0.1, 0.15) is 11.5 Å². The maximum absolute atomic E-state index is 6.44. The molecule has 0 atom stereocenters. The largest absolute Gasteiger partial charge is 0.457 e. The number of ether oxygens (including phenoxy) is 1. The van der Waals surface area contributed by atoms with Gasteiger partial charge in [0.25, 0.3) is 0 Å². The van der Waals surface area contributed by atoms with Crippen LogP contribution in [0.1, 0.15) is 48.9 Å². The lowest BCUT2D eigenvalue weighted by Crippen LogP contribution is -2.16. The van der Waals surface area contributed by atoms with Gasteiger partial charge >= 0.3 is 0 Å². The molecule has 2 heteroatoms. The number of hydrogen-bond acceptors (Lipinski definition) is 2. The highest BCUT2D eigenvalue weighted by Crippen LogP contribution is 2.57. The van der Waals surface area contributed by atoms with Crippen molar-refractivity contribution in [1.82, 2.24) is 0 Å². The molecule has 0 aliphatic heterocycles. The Morgan fingerprint density at radius 2 is 1.14 bits per heavy atom. The van der Waals surface area contributed by atoms with Crippen molar-refractivity contribution < 1.29 is 4.74 Å². The molecule has 2 aliphatic carbocycles. The van der Waals surface area contributed by atoms with Crippen LogP contribution in [0.2, 0.25) is 0 Å². The number of nitrogens with zero attached hydrogens (tertiary/aromatic N) is 1. The predicted octanol–water partition coefficient (Wildman–Crippen LogP) is 13.5. The van der Waals surface area contributed by atoms with Crippen molar-refractivity contribution in [1.29, 1.82) is 0 Å². The number of para-hydroxylation sites is 1. The van der Waals surface area contributed by atoms with Crippen molar-refractivity contribution in [2.75, 3.05) is 4.90 Å². The molecule has 2 nitrogen and oxygen atoms in total. The van der Waals surface area contributed by atoms with E-state index in [1.165, 1.54) is 74.2 Å². The number of anilines is 3. The highest BCUT2D eigenvalue weighted by atomic mass is 16.5. The zero-order chi connectivity index (χ0) is 34.4. The lowest BCUT2D eigenvalue weighted by atomic mass is 9.80. The lowest BCUT2D eigenvalue weighted by molar-refractivity contribution is 0.483. The molecule has 0 saturated carbocycles. The third-order valence-electron chi connectivity index (χ3n) is 10.9. The molecule has 0 unspecified atom stereocenters. The molecular formula is C49H41NO. The van der Waals surface area contributed by atoms with Crippen molar-refractivity contribution >= 4 is 17.1 Å². The number of hydrogen-bond donors (Lipinski definition) is 0. The average Bonchev–Trinajstić information content (AvgIpc) is 3.42. The number of fused-ring (bicyclic) bond motifs is 4. The third-order valence-corrected chi connectivity index (χ3v) is 10.9. The van der Waals surface area contributed by atoms with E-state index in [0.29, 0.717) is 0 Å². The van der Waals surface area contributed by atoms with Gasteiger partial charge in [-0.25, -0.2) is 0 Å². The molecule has 2 aliphatic rings. The molecule has 248 valence electrons. The summed E-state index contributed by atoms with van der Waals surface area (Å²) >= 11 is 0. The van der Waals surface area contributed by atoms with E-state index in [9.17, 15) is 0 Å². The van der Waals surface area contributed by atoms with Gasteiger partial charge in [-0.15, -0.1) is 0 Å². The van der Waals surface area contributed by atoms with E-state index in [1.807, 2.05) is 36.4 Å². The first-order valence-corrected chi connectivity index (χ1v) is 18.2. The summed E-state index contributed by atoms with van der Waals surface area (Å²) < 4.78 is 6.44. The first kappa shape index (κ1) is 31.1. The first-order chi connectivity index (χ1) is 25.1. The number of benzene rings is 7. The third kappa shape index (κ3) is 5.52. The van der Waals surface area contributed by atoms with Crippen LogP contribution >= 0.6 is 0 Å². The Morgan fingerprint density at radius 1 is 0.490 bits per heavy atom. The minimum absolute atomic E-state index is 0.116. The Bertz CT molecular complexity index is 2370. The van der Waals surface area contributed by atoms with Crippen LogP contribution in [-0.2, 0) is 18.3 Å². The summed E-state index contributed by atoms with van der Waals surface area (Å²) in [6, 6.07) is 59.1. The molecule has 0 heterocycles. The van der Waals surface area contributed by atoms with E-state index in [0.717, 1.165) is 35.7 Å². The van der Waals surface area contributed by atoms with Gasteiger partial charge in [-0.05, 0) is 118 Å². The van der Waals surface area contributed by atoms with Crippen molar-refractivity contribution in [3.8, 4) is 44.9 Å². The Balaban J connectivity index is 1.33. The quantitative estimate of drug-likeness (QED) is 0.169. The average molecular weight is 660 g/mol. The van der Waals surface area contributed by atoms with Gasteiger partial charge in [0, 0.05) is 28.4 Å². The second-order valence-corrected chi connectivity index (χ2v) is 14.4. The van der Waals surface area contributed by atoms with Gasteiger partial charge in [-0.1, -0.05) is 129 Å². The molecule has 0 saturated heterocycles. The maximum atomic E-state index is 6.44. The summed E-state index contributed by atoms with van der Waals surface area (Å²) in [7, 11) is 0. The van der Waals surface area contributed by atoms with Crippen molar-refractivity contribution in [3.05, 3.63) is 186 Å². The topological polar surface area (TPSA) is 12.5 Å². The van der Waals surface area contributed by atoms with Gasteiger partial charge in [-0.2, -0.15) is 0 Å². The minimum atomic E-state index is -0.116. The second kappa shape index (κ2) is 12.8. The molecule has 0 spiro atoms. The SMILES string of the molecule is CC1(C)c2ccccc2-c2c1ccc(N(c1cccc(Oc3ccccc3)c1)c1cccc(-c3ccccc3)c1)c2-c1cccc2c1CCCC2. The molecule has 7 aromatic carbocycles. The van der Waals surface area contributed by atoms with E-state index in [-0.39, 0.29) is 5.41 Å². The zero-order valence-corrected chi connectivity index (χ0v) is 29.3. The smallest absolute Gasteiger partial charge is 0.129 e. The standard InChI is InChI=1S/C49H41NO/c1-49(2)44-29-12-11-27-43(44)47-45(49)30-31-46(48(47)42-28-14-19-35-18-9-10-26-41(35)42)50(37-21-13-20-36(32-37)34-16-5-3-6-17-34)38-22-15-25-40(33-38)51-39-23-7-4-8-24-39/h3-8,11-17,19-25,27-33H,9-10,18,26H2,1-2H3. The number of rotatable bonds is 7. The van der Waals surface area contributed by atoms with Gasteiger partial charge in [0.15, 0.2) is 0 Å². The monoisotopic (exact) mass is 659 g/mol. The van der Waals surface area contributed by atoms with Gasteiger partial charge in [0.2, 0.25) is 0 Å². The lowest BCUT2D eigenvalue weighted by Gasteiger charge is -2.32. The highest BCUT2D eigenvalue weighted by molar-refractivity contribution is 6.02. The Kier molecular flexibility index (Phi) is 7.81. The van der Waals surface area contributed by atoms with Crippen molar-refractivity contribution in [2.45, 2.75) is 44.9 Å². The molecule has 0 N–H and O–H groups in total. The summed E-state index contributed by atoms with van der Waals surface area (Å²) in [5.41, 5.74) is 16.7. The molecule has 0 fully saturated rings. The van der Waals surface area contributed by atoms with Crippen LogP contribution in [0, 0.1) is 0 Å². The first-order valence-electron chi connectivity index (χ1n) is 18.2. The van der Waals surface area contributed by atoms with Crippen LogP contribution in [-0.4, -0.2) is 0 Å². The van der Waals surface area contributed by atoms with Crippen LogP contribution in [0.25, 0.3) is 33.4 Å². The fraction of sp³-hybridized carbons (Fsp3) is 0.143. The Morgan fingerprint density at radius 3 is 1.98 bits per heavy atom. The Labute approximate surface area is 301 Å². The molecule has 9 rings (SSSR count). The normalized spacial score (nSPS) is 13.9. The Hall–Kier alpha value is -5.86. The molecule has 0 aromatic heterocycles. The summed E-state index contributed by atoms with van der Waals surface area (Å²) in [6.45, 7) is 4.76. The summed E-state index contributed by atoms with van der Waals surface area (Å²) in [4.78, 5) is 2.45. The van der Waals surface area contributed by atoms with Crippen LogP contribution in [0.3, 0.4) is 0 Å². The van der Waals surface area contributed by atoms with E-state index < -0.39 is 0 Å². The predicted molar refractivity (Wildman–Crippen MR) is 213 cm³/mol. The van der Waals surface area contributed by atoms with Crippen molar-refractivity contribution in [2.24, 2.45) is 0 Å². The van der Waals surface area contributed by atoms with Gasteiger partial charge in [0.05, 0.1) is 5.69 Å². The maximum Gasteiger partial charge on any atom is 0.129 e. The molecule has 0 radical (unpaired) electrons. The molecule has 51 heavy (non-hydrogen) atoms. The fourth-order valence-electron chi connectivity index (χ4n) is 8.45. The molecule has 0 bridgehead atoms. The van der Waals surface area contributed by atoms with Gasteiger partial charge < -0.3 is 9.64 Å². The second-order valence-electron chi connectivity index (χ2n) is 14.4. The van der Waals surface area contributed by atoms with Crippen LogP contribution in [0.5, 0.6) is 11.5 Å². The van der Waals surface area contributed by atoms with E-state index in [2.05, 4.69) is 146 Å². The van der Waals surface area contributed by atoms with E-state index in [4.69, 9.17) is 4.74 Å². The van der Waals surface area contributed by atoms with E-state index in [1.54, 1.807) is 0 Å². The minimum Gasteiger partial charge on any atom is -0.457 e. The van der Waals surface area contributed by atoms with Crippen molar-refractivity contribution in [3.63, 3.8) is 0 Å². The fourth-order valence-corrected chi connectivity index (χ4v) is 8.45. The van der Waals surface area contributed by atoms with Crippen LogP contribution < -0.4 is 9.64 Å². The highest BCUT2D eigenvalue weighted by Gasteiger charge is 2.39. The van der Waals surface area contributed by atoms with Crippen LogP contribution in [0.4, 0.5) is 17.1 Å². The molecule has 0 amide bonds. The summed E-state index contributed by atoms with van der Waals surface area (Å²) in [5, 5.41) is 0. The number of aryl methyl sites for hydroxylation is 1. The zero-order valence-electron chi connectivity index (χ0n) is 29.3. The summed E-state index contributed by atoms with van der Waals surface area (Å²) in [6.07, 6.45) is 4.71. The molecular weight excluding hydrogens is 619 g/mol. The molecule has 7 aromatic rings. The van der Waals surface area contributed by atoms with Gasteiger partial charge in [-0.3, -0.25) is 0 Å². The van der Waals surface area contributed by atoms with Crippen LogP contribution in [0.15, 0.2) is 164 Å². The van der Waals surface area contributed by atoms with E-state index >= 15 is 0 Å². The summed E-state index contributed by atoms with van der Waals surface area (Å²) in [5.74, 6) is 1.62.